The number of rotatable bonds is 5. The van der Waals surface area contributed by atoms with Gasteiger partial charge in [0, 0.05) is 0 Å². The Labute approximate surface area is 88.0 Å². The van der Waals surface area contributed by atoms with Crippen molar-refractivity contribution >= 4 is 0 Å². The van der Waals surface area contributed by atoms with Crippen molar-refractivity contribution in [3.63, 3.8) is 0 Å². The summed E-state index contributed by atoms with van der Waals surface area (Å²) in [6.45, 7) is 12.1. The maximum absolute atomic E-state index is 9.89. The Morgan fingerprint density at radius 3 is 1.86 bits per heavy atom. The molecule has 0 saturated heterocycles. The molecule has 0 unspecified atom stereocenters. The van der Waals surface area contributed by atoms with Gasteiger partial charge >= 0.3 is 0 Å². The van der Waals surface area contributed by atoms with Crippen LogP contribution >= 0.6 is 0 Å². The van der Waals surface area contributed by atoms with Crippen LogP contribution in [0.15, 0.2) is 11.8 Å². The van der Waals surface area contributed by atoms with E-state index in [1.54, 1.807) is 0 Å². The van der Waals surface area contributed by atoms with E-state index in [0.717, 1.165) is 0 Å². The standard InChI is InChI=1S/C12H24O2/c1-8(2)7-11(14-10(5)6)12(13)9(3)4/h7-10,12-13H,1-6H3/b11-7-/t12-/m0/s1. The summed E-state index contributed by atoms with van der Waals surface area (Å²) in [6.07, 6.45) is 1.62. The van der Waals surface area contributed by atoms with Crippen LogP contribution in [0.5, 0.6) is 0 Å². The SMILES string of the molecule is CC(C)/C=C(\OC(C)C)[C@@H](O)C(C)C. The Kier molecular flexibility index (Phi) is 5.86. The van der Waals surface area contributed by atoms with E-state index >= 15 is 0 Å². The van der Waals surface area contributed by atoms with Gasteiger partial charge in [-0.3, -0.25) is 0 Å². The van der Waals surface area contributed by atoms with Crippen LogP contribution < -0.4 is 0 Å². The van der Waals surface area contributed by atoms with Crippen molar-refractivity contribution in [1.82, 2.24) is 0 Å². The molecule has 1 N–H and O–H groups in total. The van der Waals surface area contributed by atoms with Gasteiger partial charge in [0.05, 0.1) is 6.10 Å². The van der Waals surface area contributed by atoms with Gasteiger partial charge in [0.25, 0.3) is 0 Å². The topological polar surface area (TPSA) is 29.5 Å². The molecule has 0 aromatic carbocycles. The highest BCUT2D eigenvalue weighted by molar-refractivity contribution is 5.02. The van der Waals surface area contributed by atoms with Crippen molar-refractivity contribution in [2.75, 3.05) is 0 Å². The molecule has 0 amide bonds. The zero-order chi connectivity index (χ0) is 11.3. The van der Waals surface area contributed by atoms with E-state index in [9.17, 15) is 5.11 Å². The predicted octanol–water partition coefficient (Wildman–Crippen LogP) is 2.97. The molecule has 0 fully saturated rings. The van der Waals surface area contributed by atoms with E-state index in [1.807, 2.05) is 33.8 Å². The molecule has 2 heteroatoms. The lowest BCUT2D eigenvalue weighted by atomic mass is 10.0. The fourth-order valence-corrected chi connectivity index (χ4v) is 1.14. The van der Waals surface area contributed by atoms with Crippen LogP contribution in [0.4, 0.5) is 0 Å². The highest BCUT2D eigenvalue weighted by Crippen LogP contribution is 2.17. The summed E-state index contributed by atoms with van der Waals surface area (Å²) >= 11 is 0. The van der Waals surface area contributed by atoms with Crippen LogP contribution in [0.25, 0.3) is 0 Å². The van der Waals surface area contributed by atoms with E-state index < -0.39 is 6.10 Å². The molecule has 0 spiro atoms. The first-order valence-corrected chi connectivity index (χ1v) is 5.41. The summed E-state index contributed by atoms with van der Waals surface area (Å²) < 4.78 is 5.60. The van der Waals surface area contributed by atoms with Crippen molar-refractivity contribution in [3.8, 4) is 0 Å². The lowest BCUT2D eigenvalue weighted by molar-refractivity contribution is 0.0467. The van der Waals surface area contributed by atoms with Gasteiger partial charge in [0.1, 0.15) is 11.9 Å². The molecular weight excluding hydrogens is 176 g/mol. The molecule has 0 rings (SSSR count). The minimum Gasteiger partial charge on any atom is -0.493 e. The monoisotopic (exact) mass is 200 g/mol. The van der Waals surface area contributed by atoms with Gasteiger partial charge in [0.15, 0.2) is 0 Å². The smallest absolute Gasteiger partial charge is 0.121 e. The van der Waals surface area contributed by atoms with E-state index in [1.165, 1.54) is 0 Å². The molecule has 0 aromatic rings. The molecule has 0 bridgehead atoms. The number of hydrogen-bond acceptors (Lipinski definition) is 2. The van der Waals surface area contributed by atoms with Crippen LogP contribution in [0, 0.1) is 11.8 Å². The molecule has 0 aromatic heterocycles. The van der Waals surface area contributed by atoms with Crippen LogP contribution in [0.2, 0.25) is 0 Å². The normalized spacial score (nSPS) is 15.4. The number of ether oxygens (including phenoxy) is 1. The molecule has 0 saturated carbocycles. The zero-order valence-corrected chi connectivity index (χ0v) is 10.2. The molecule has 1 atom stereocenters. The minimum atomic E-state index is -0.486. The molecule has 2 nitrogen and oxygen atoms in total. The summed E-state index contributed by atoms with van der Waals surface area (Å²) in [5.41, 5.74) is 0. The van der Waals surface area contributed by atoms with E-state index in [-0.39, 0.29) is 12.0 Å². The van der Waals surface area contributed by atoms with Gasteiger partial charge in [-0.1, -0.05) is 27.7 Å². The van der Waals surface area contributed by atoms with Crippen molar-refractivity contribution in [2.24, 2.45) is 11.8 Å². The molecule has 0 aliphatic carbocycles. The summed E-state index contributed by atoms with van der Waals surface area (Å²) in [4.78, 5) is 0. The van der Waals surface area contributed by atoms with Crippen molar-refractivity contribution in [2.45, 2.75) is 53.8 Å². The second-order valence-electron chi connectivity index (χ2n) is 4.67. The van der Waals surface area contributed by atoms with Crippen LogP contribution in [0.3, 0.4) is 0 Å². The molecule has 0 aliphatic heterocycles. The highest BCUT2D eigenvalue weighted by atomic mass is 16.5. The van der Waals surface area contributed by atoms with Gasteiger partial charge in [-0.05, 0) is 31.8 Å². The minimum absolute atomic E-state index is 0.119. The summed E-state index contributed by atoms with van der Waals surface area (Å²) in [5.74, 6) is 1.31. The lowest BCUT2D eigenvalue weighted by Gasteiger charge is -2.22. The van der Waals surface area contributed by atoms with Gasteiger partial charge in [-0.2, -0.15) is 0 Å². The summed E-state index contributed by atoms with van der Waals surface area (Å²) in [7, 11) is 0. The quantitative estimate of drug-likeness (QED) is 0.691. The average Bonchev–Trinajstić information content (AvgIpc) is 1.99. The number of allylic oxidation sites excluding steroid dienone is 1. The van der Waals surface area contributed by atoms with Gasteiger partial charge in [-0.25, -0.2) is 0 Å². The third-order valence-corrected chi connectivity index (χ3v) is 1.79. The van der Waals surface area contributed by atoms with Gasteiger partial charge in [-0.15, -0.1) is 0 Å². The lowest BCUT2D eigenvalue weighted by Crippen LogP contribution is -2.22. The average molecular weight is 200 g/mol. The first kappa shape index (κ1) is 13.5. The Hall–Kier alpha value is -0.500. The fraction of sp³-hybridized carbons (Fsp3) is 0.833. The molecule has 0 heterocycles. The molecule has 84 valence electrons. The largest absolute Gasteiger partial charge is 0.493 e. The first-order chi connectivity index (χ1) is 6.34. The number of aliphatic hydroxyl groups excluding tert-OH is 1. The summed E-state index contributed by atoms with van der Waals surface area (Å²) in [5, 5.41) is 9.89. The Morgan fingerprint density at radius 2 is 1.57 bits per heavy atom. The second kappa shape index (κ2) is 6.07. The second-order valence-corrected chi connectivity index (χ2v) is 4.67. The molecule has 0 radical (unpaired) electrons. The number of hydrogen-bond donors (Lipinski definition) is 1. The van der Waals surface area contributed by atoms with Crippen molar-refractivity contribution in [3.05, 3.63) is 11.8 Å². The van der Waals surface area contributed by atoms with Crippen molar-refractivity contribution < 1.29 is 9.84 Å². The van der Waals surface area contributed by atoms with Crippen molar-refractivity contribution in [1.29, 1.82) is 0 Å². The van der Waals surface area contributed by atoms with Crippen LogP contribution in [-0.2, 0) is 4.74 Å². The summed E-state index contributed by atoms with van der Waals surface area (Å²) in [6, 6.07) is 0. The van der Waals surface area contributed by atoms with Crippen LogP contribution in [-0.4, -0.2) is 17.3 Å². The third-order valence-electron chi connectivity index (χ3n) is 1.79. The third kappa shape index (κ3) is 5.28. The number of aliphatic hydroxyl groups is 1. The maximum Gasteiger partial charge on any atom is 0.121 e. The first-order valence-electron chi connectivity index (χ1n) is 5.41. The predicted molar refractivity (Wildman–Crippen MR) is 60.0 cm³/mol. The Balaban J connectivity index is 4.55. The van der Waals surface area contributed by atoms with E-state index in [0.29, 0.717) is 11.7 Å². The van der Waals surface area contributed by atoms with E-state index in [4.69, 9.17) is 4.74 Å². The highest BCUT2D eigenvalue weighted by Gasteiger charge is 2.17. The zero-order valence-electron chi connectivity index (χ0n) is 10.2. The van der Waals surface area contributed by atoms with E-state index in [2.05, 4.69) is 13.8 Å². The van der Waals surface area contributed by atoms with Gasteiger partial charge < -0.3 is 9.84 Å². The maximum atomic E-state index is 9.89. The molecular formula is C12H24O2. The molecule has 14 heavy (non-hydrogen) atoms. The van der Waals surface area contributed by atoms with Gasteiger partial charge in [0.2, 0.25) is 0 Å². The molecule has 0 aliphatic rings. The Bertz CT molecular complexity index is 181. The Morgan fingerprint density at radius 1 is 1.07 bits per heavy atom. The fourth-order valence-electron chi connectivity index (χ4n) is 1.14. The van der Waals surface area contributed by atoms with Crippen LogP contribution in [0.1, 0.15) is 41.5 Å².